The summed E-state index contributed by atoms with van der Waals surface area (Å²) in [5.74, 6) is 0.346. The molecule has 0 spiro atoms. The van der Waals surface area contributed by atoms with Crippen LogP contribution in [0.25, 0.3) is 0 Å². The third-order valence-electron chi connectivity index (χ3n) is 6.55. The van der Waals surface area contributed by atoms with Crippen molar-refractivity contribution in [2.75, 3.05) is 19.7 Å². The van der Waals surface area contributed by atoms with Crippen LogP contribution in [0.4, 0.5) is 0 Å². The van der Waals surface area contributed by atoms with Crippen LogP contribution >= 0.6 is 0 Å². The molecule has 0 aromatic heterocycles. The van der Waals surface area contributed by atoms with Crippen LogP contribution in [0.15, 0.2) is 48.5 Å². The Morgan fingerprint density at radius 2 is 1.89 bits per heavy atom. The number of aliphatic hydroxyl groups is 1. The van der Waals surface area contributed by atoms with Gasteiger partial charge < -0.3 is 25.8 Å². The van der Waals surface area contributed by atoms with Gasteiger partial charge in [0, 0.05) is 32.0 Å². The van der Waals surface area contributed by atoms with Gasteiger partial charge in [0.05, 0.1) is 18.8 Å². The van der Waals surface area contributed by atoms with E-state index < -0.39 is 18.1 Å². The molecule has 1 aliphatic rings. The average molecular weight is 496 g/mol. The van der Waals surface area contributed by atoms with Crippen molar-refractivity contribution >= 4 is 11.8 Å². The van der Waals surface area contributed by atoms with E-state index in [4.69, 9.17) is 4.74 Å². The zero-order valence-corrected chi connectivity index (χ0v) is 21.8. The molecular weight excluding hydrogens is 454 g/mol. The van der Waals surface area contributed by atoms with Gasteiger partial charge in [-0.2, -0.15) is 0 Å². The number of rotatable bonds is 6. The first-order chi connectivity index (χ1) is 17.3. The fraction of sp³-hybridized carbons (Fsp3) is 0.517. The standard InChI is InChI=1S/C29H41N3O4/c1-20(2)24-10-6-9-23(15-24)18-30-19-27(33)26-17-22-8-7-11-25(16-22)36-13-5-4-12-31-28(34)14-21(3)29(35)32-26/h6-11,15-16,20-21,26-27,30,33H,4-5,12-14,17-19H2,1-3H3,(H,31,34)(H,32,35)/t21-,26-,27+/m0/s1. The molecule has 2 aromatic carbocycles. The van der Waals surface area contributed by atoms with E-state index in [1.165, 1.54) is 5.56 Å². The maximum absolute atomic E-state index is 12.9. The minimum Gasteiger partial charge on any atom is -0.494 e. The van der Waals surface area contributed by atoms with Crippen LogP contribution in [0.2, 0.25) is 0 Å². The largest absolute Gasteiger partial charge is 0.494 e. The third-order valence-corrected chi connectivity index (χ3v) is 6.55. The molecule has 1 aliphatic heterocycles. The molecule has 2 bridgehead atoms. The van der Waals surface area contributed by atoms with Gasteiger partial charge in [0.15, 0.2) is 0 Å². The molecule has 7 heteroatoms. The highest BCUT2D eigenvalue weighted by molar-refractivity contribution is 5.85. The zero-order chi connectivity index (χ0) is 25.9. The van der Waals surface area contributed by atoms with Crippen LogP contribution in [-0.4, -0.2) is 48.8 Å². The number of fused-ring (bicyclic) bond motifs is 2. The smallest absolute Gasteiger partial charge is 0.223 e. The van der Waals surface area contributed by atoms with Gasteiger partial charge in [0.2, 0.25) is 11.8 Å². The van der Waals surface area contributed by atoms with E-state index in [1.54, 1.807) is 6.92 Å². The van der Waals surface area contributed by atoms with Crippen molar-refractivity contribution in [3.63, 3.8) is 0 Å². The summed E-state index contributed by atoms with van der Waals surface area (Å²) >= 11 is 0. The first-order valence-corrected chi connectivity index (χ1v) is 13.1. The second-order valence-electron chi connectivity index (χ2n) is 10.1. The Bertz CT molecular complexity index is 994. The van der Waals surface area contributed by atoms with Crippen LogP contribution in [0.5, 0.6) is 5.75 Å². The maximum atomic E-state index is 12.9. The van der Waals surface area contributed by atoms with Crippen molar-refractivity contribution in [1.29, 1.82) is 0 Å². The molecule has 196 valence electrons. The molecule has 0 fully saturated rings. The van der Waals surface area contributed by atoms with E-state index in [-0.39, 0.29) is 18.2 Å². The van der Waals surface area contributed by atoms with Crippen LogP contribution in [0.1, 0.15) is 62.6 Å². The Morgan fingerprint density at radius 3 is 2.69 bits per heavy atom. The number of hydrogen-bond donors (Lipinski definition) is 4. The fourth-order valence-corrected chi connectivity index (χ4v) is 4.28. The number of nitrogens with one attached hydrogen (secondary N) is 3. The highest BCUT2D eigenvalue weighted by Crippen LogP contribution is 2.18. The molecule has 4 N–H and O–H groups in total. The molecular formula is C29H41N3O4. The van der Waals surface area contributed by atoms with Crippen molar-refractivity contribution in [3.8, 4) is 5.75 Å². The molecule has 0 radical (unpaired) electrons. The van der Waals surface area contributed by atoms with Crippen molar-refractivity contribution in [3.05, 3.63) is 65.2 Å². The molecule has 36 heavy (non-hydrogen) atoms. The van der Waals surface area contributed by atoms with Gasteiger partial charge in [-0.05, 0) is 54.0 Å². The maximum Gasteiger partial charge on any atom is 0.223 e. The molecule has 0 saturated heterocycles. The summed E-state index contributed by atoms with van der Waals surface area (Å²) in [5, 5.41) is 20.3. The van der Waals surface area contributed by atoms with Gasteiger partial charge in [-0.1, -0.05) is 57.2 Å². The number of amides is 2. The Balaban J connectivity index is 1.70. The van der Waals surface area contributed by atoms with Crippen LogP contribution in [-0.2, 0) is 22.6 Å². The van der Waals surface area contributed by atoms with Crippen molar-refractivity contribution in [2.24, 2.45) is 5.92 Å². The Kier molecular flexibility index (Phi) is 10.8. The van der Waals surface area contributed by atoms with Gasteiger partial charge in [0.1, 0.15) is 5.75 Å². The molecule has 3 atom stereocenters. The highest BCUT2D eigenvalue weighted by Gasteiger charge is 2.25. The summed E-state index contributed by atoms with van der Waals surface area (Å²) in [6.45, 7) is 8.15. The fourth-order valence-electron chi connectivity index (χ4n) is 4.28. The number of hydrogen-bond acceptors (Lipinski definition) is 5. The summed E-state index contributed by atoms with van der Waals surface area (Å²) in [7, 11) is 0. The first-order valence-electron chi connectivity index (χ1n) is 13.1. The lowest BCUT2D eigenvalue weighted by atomic mass is 9.98. The molecule has 2 amide bonds. The third kappa shape index (κ3) is 8.95. The minimum absolute atomic E-state index is 0.116. The molecule has 2 aromatic rings. The predicted octanol–water partition coefficient (Wildman–Crippen LogP) is 3.30. The number of carbonyl (C=O) groups is 2. The van der Waals surface area contributed by atoms with E-state index >= 15 is 0 Å². The van der Waals surface area contributed by atoms with Crippen LogP contribution in [0.3, 0.4) is 0 Å². The molecule has 3 rings (SSSR count). The number of aliphatic hydroxyl groups excluding tert-OH is 1. The Labute approximate surface area is 215 Å². The number of benzene rings is 2. The topological polar surface area (TPSA) is 99.7 Å². The quantitative estimate of drug-likeness (QED) is 0.493. The van der Waals surface area contributed by atoms with E-state index in [0.29, 0.717) is 38.6 Å². The van der Waals surface area contributed by atoms with E-state index in [2.05, 4.69) is 54.1 Å². The minimum atomic E-state index is -0.813. The first kappa shape index (κ1) is 27.7. The molecule has 0 saturated carbocycles. The van der Waals surface area contributed by atoms with E-state index in [1.807, 2.05) is 24.3 Å². The SMILES string of the molecule is CC(C)c1cccc(CNC[C@@H](O)[C@@H]2Cc3cccc(c3)OCCCCNC(=O)C[C@H](C)C(=O)N2)c1. The summed E-state index contributed by atoms with van der Waals surface area (Å²) in [6, 6.07) is 15.7. The van der Waals surface area contributed by atoms with Gasteiger partial charge in [-0.15, -0.1) is 0 Å². The molecule has 1 heterocycles. The summed E-state index contributed by atoms with van der Waals surface area (Å²) in [4.78, 5) is 25.2. The Morgan fingerprint density at radius 1 is 1.08 bits per heavy atom. The van der Waals surface area contributed by atoms with Crippen LogP contribution in [0, 0.1) is 5.92 Å². The second-order valence-corrected chi connectivity index (χ2v) is 10.1. The lowest BCUT2D eigenvalue weighted by molar-refractivity contribution is -0.130. The summed E-state index contributed by atoms with van der Waals surface area (Å²) < 4.78 is 5.87. The van der Waals surface area contributed by atoms with Crippen molar-refractivity contribution in [1.82, 2.24) is 16.0 Å². The predicted molar refractivity (Wildman–Crippen MR) is 142 cm³/mol. The van der Waals surface area contributed by atoms with Crippen LogP contribution < -0.4 is 20.7 Å². The summed E-state index contributed by atoms with van der Waals surface area (Å²) in [6.07, 6.45) is 1.40. The van der Waals surface area contributed by atoms with Gasteiger partial charge in [0.25, 0.3) is 0 Å². The van der Waals surface area contributed by atoms with Gasteiger partial charge >= 0.3 is 0 Å². The lowest BCUT2D eigenvalue weighted by Crippen LogP contribution is -2.50. The van der Waals surface area contributed by atoms with E-state index in [9.17, 15) is 14.7 Å². The summed E-state index contributed by atoms with van der Waals surface area (Å²) in [5.41, 5.74) is 3.40. The highest BCUT2D eigenvalue weighted by atomic mass is 16.5. The number of ether oxygens (including phenoxy) is 1. The van der Waals surface area contributed by atoms with Crippen molar-refractivity contribution in [2.45, 2.75) is 71.1 Å². The average Bonchev–Trinajstić information content (AvgIpc) is 2.85. The molecule has 0 unspecified atom stereocenters. The second kappa shape index (κ2) is 14.0. The zero-order valence-electron chi connectivity index (χ0n) is 21.8. The van der Waals surface area contributed by atoms with Crippen molar-refractivity contribution < 1.29 is 19.4 Å². The lowest BCUT2D eigenvalue weighted by Gasteiger charge is -2.26. The number of carbonyl (C=O) groups excluding carboxylic acids is 2. The van der Waals surface area contributed by atoms with E-state index in [0.717, 1.165) is 29.7 Å². The monoisotopic (exact) mass is 495 g/mol. The van der Waals surface area contributed by atoms with Gasteiger partial charge in [-0.25, -0.2) is 0 Å². The van der Waals surface area contributed by atoms with Gasteiger partial charge in [-0.3, -0.25) is 9.59 Å². The normalized spacial score (nSPS) is 20.8. The Hall–Kier alpha value is -2.90. The molecule has 0 aliphatic carbocycles. The molecule has 7 nitrogen and oxygen atoms in total.